The van der Waals surface area contributed by atoms with Crippen LogP contribution in [0, 0.1) is 5.92 Å². The van der Waals surface area contributed by atoms with Gasteiger partial charge in [-0.25, -0.2) is 0 Å². The minimum atomic E-state index is -0.697. The topological polar surface area (TPSA) is 75.3 Å². The number of carbonyl (C=O) groups excluding carboxylic acids is 1. The van der Waals surface area contributed by atoms with Gasteiger partial charge in [0.1, 0.15) is 0 Å². The van der Waals surface area contributed by atoms with Crippen molar-refractivity contribution in [2.75, 3.05) is 13.1 Å². The van der Waals surface area contributed by atoms with Gasteiger partial charge >= 0.3 is 0 Å². The molecule has 1 fully saturated rings. The molecule has 4 heteroatoms. The standard InChI is InChI=1S/C10H20N2O2/c1-8-2-4-10(14,5-3-8)7-12-9(13)6-11/h8,14H,2-7,11H2,1H3,(H,12,13). The molecule has 0 atom stereocenters. The fourth-order valence-electron chi connectivity index (χ4n) is 1.81. The highest BCUT2D eigenvalue weighted by molar-refractivity contribution is 5.77. The van der Waals surface area contributed by atoms with Gasteiger partial charge in [0.05, 0.1) is 12.1 Å². The van der Waals surface area contributed by atoms with Gasteiger partial charge in [-0.2, -0.15) is 0 Å². The fourth-order valence-corrected chi connectivity index (χ4v) is 1.81. The van der Waals surface area contributed by atoms with Gasteiger partial charge in [0.2, 0.25) is 5.91 Å². The highest BCUT2D eigenvalue weighted by atomic mass is 16.3. The summed E-state index contributed by atoms with van der Waals surface area (Å²) >= 11 is 0. The van der Waals surface area contributed by atoms with Crippen LogP contribution in [0.1, 0.15) is 32.6 Å². The molecule has 1 saturated carbocycles. The molecule has 0 unspecified atom stereocenters. The molecule has 82 valence electrons. The summed E-state index contributed by atoms with van der Waals surface area (Å²) in [5.74, 6) is 0.498. The van der Waals surface area contributed by atoms with E-state index in [4.69, 9.17) is 5.73 Å². The van der Waals surface area contributed by atoms with Gasteiger partial charge in [0, 0.05) is 6.54 Å². The third-order valence-corrected chi connectivity index (χ3v) is 3.00. The Kier molecular flexibility index (Phi) is 3.89. The highest BCUT2D eigenvalue weighted by Gasteiger charge is 2.31. The van der Waals surface area contributed by atoms with Gasteiger partial charge in [-0.3, -0.25) is 4.79 Å². The normalized spacial score (nSPS) is 32.6. The van der Waals surface area contributed by atoms with Crippen molar-refractivity contribution < 1.29 is 9.90 Å². The number of rotatable bonds is 3. The van der Waals surface area contributed by atoms with E-state index >= 15 is 0 Å². The second kappa shape index (κ2) is 4.75. The van der Waals surface area contributed by atoms with Crippen LogP contribution in [0.2, 0.25) is 0 Å². The van der Waals surface area contributed by atoms with Crippen molar-refractivity contribution >= 4 is 5.91 Å². The van der Waals surface area contributed by atoms with Crippen molar-refractivity contribution in [2.45, 2.75) is 38.2 Å². The third-order valence-electron chi connectivity index (χ3n) is 3.00. The Balaban J connectivity index is 2.31. The van der Waals surface area contributed by atoms with E-state index in [1.54, 1.807) is 0 Å². The van der Waals surface area contributed by atoms with Crippen LogP contribution in [0.3, 0.4) is 0 Å². The van der Waals surface area contributed by atoms with E-state index in [2.05, 4.69) is 12.2 Å². The predicted molar refractivity (Wildman–Crippen MR) is 54.6 cm³/mol. The van der Waals surface area contributed by atoms with E-state index in [1.165, 1.54) is 0 Å². The Labute approximate surface area is 84.9 Å². The molecule has 4 nitrogen and oxygen atoms in total. The molecule has 1 amide bonds. The van der Waals surface area contributed by atoms with Gasteiger partial charge in [-0.1, -0.05) is 6.92 Å². The second-order valence-corrected chi connectivity index (χ2v) is 4.39. The van der Waals surface area contributed by atoms with Crippen LogP contribution in [-0.2, 0) is 4.79 Å². The second-order valence-electron chi connectivity index (χ2n) is 4.39. The summed E-state index contributed by atoms with van der Waals surface area (Å²) in [5, 5.41) is 12.7. The SMILES string of the molecule is CC1CCC(O)(CNC(=O)CN)CC1. The van der Waals surface area contributed by atoms with Crippen LogP contribution in [0.15, 0.2) is 0 Å². The summed E-state index contributed by atoms with van der Waals surface area (Å²) in [6.07, 6.45) is 3.63. The Bertz CT molecular complexity index is 198. The van der Waals surface area contributed by atoms with Crippen molar-refractivity contribution in [3.8, 4) is 0 Å². The molecule has 0 aromatic rings. The summed E-state index contributed by atoms with van der Waals surface area (Å²) in [6.45, 7) is 2.53. The Morgan fingerprint density at radius 1 is 1.57 bits per heavy atom. The molecule has 0 aliphatic heterocycles. The quantitative estimate of drug-likeness (QED) is 0.600. The van der Waals surface area contributed by atoms with Gasteiger partial charge < -0.3 is 16.2 Å². The van der Waals surface area contributed by atoms with E-state index in [1.807, 2.05) is 0 Å². The highest BCUT2D eigenvalue weighted by Crippen LogP contribution is 2.31. The number of amides is 1. The fraction of sp³-hybridized carbons (Fsp3) is 0.900. The lowest BCUT2D eigenvalue weighted by Crippen LogP contribution is -2.46. The van der Waals surface area contributed by atoms with Gasteiger partial charge in [-0.05, 0) is 31.6 Å². The van der Waals surface area contributed by atoms with Crippen molar-refractivity contribution in [1.29, 1.82) is 0 Å². The molecule has 0 aromatic heterocycles. The maximum atomic E-state index is 10.9. The summed E-state index contributed by atoms with van der Waals surface area (Å²) < 4.78 is 0. The third kappa shape index (κ3) is 3.27. The first kappa shape index (κ1) is 11.5. The Morgan fingerprint density at radius 2 is 2.14 bits per heavy atom. The maximum absolute atomic E-state index is 10.9. The average Bonchev–Trinajstić information content (AvgIpc) is 2.20. The van der Waals surface area contributed by atoms with E-state index in [0.717, 1.165) is 25.7 Å². The number of carbonyl (C=O) groups is 1. The molecule has 4 N–H and O–H groups in total. The summed E-state index contributed by atoms with van der Waals surface area (Å²) in [6, 6.07) is 0. The predicted octanol–water partition coefficient (Wildman–Crippen LogP) is 0.00250. The van der Waals surface area contributed by atoms with Gasteiger partial charge in [0.25, 0.3) is 0 Å². The van der Waals surface area contributed by atoms with E-state index in [0.29, 0.717) is 12.5 Å². The van der Waals surface area contributed by atoms with Gasteiger partial charge in [0.15, 0.2) is 0 Å². The number of hydrogen-bond donors (Lipinski definition) is 3. The maximum Gasteiger partial charge on any atom is 0.233 e. The zero-order chi connectivity index (χ0) is 10.6. The van der Waals surface area contributed by atoms with Crippen molar-refractivity contribution in [3.63, 3.8) is 0 Å². The summed E-state index contributed by atoms with van der Waals surface area (Å²) in [4.78, 5) is 10.9. The molecule has 1 aliphatic carbocycles. The molecular weight excluding hydrogens is 180 g/mol. The van der Waals surface area contributed by atoms with E-state index in [-0.39, 0.29) is 12.5 Å². The smallest absolute Gasteiger partial charge is 0.233 e. The Morgan fingerprint density at radius 3 is 2.64 bits per heavy atom. The molecular formula is C10H20N2O2. The Hall–Kier alpha value is -0.610. The molecule has 14 heavy (non-hydrogen) atoms. The monoisotopic (exact) mass is 200 g/mol. The molecule has 0 radical (unpaired) electrons. The van der Waals surface area contributed by atoms with Gasteiger partial charge in [-0.15, -0.1) is 0 Å². The summed E-state index contributed by atoms with van der Waals surface area (Å²) in [5.41, 5.74) is 4.46. The van der Waals surface area contributed by atoms with E-state index < -0.39 is 5.60 Å². The van der Waals surface area contributed by atoms with Crippen LogP contribution in [-0.4, -0.2) is 29.7 Å². The number of nitrogens with one attached hydrogen (secondary N) is 1. The van der Waals surface area contributed by atoms with Crippen molar-refractivity contribution in [2.24, 2.45) is 11.7 Å². The average molecular weight is 200 g/mol. The van der Waals surface area contributed by atoms with Crippen LogP contribution in [0.5, 0.6) is 0 Å². The minimum Gasteiger partial charge on any atom is -0.388 e. The number of hydrogen-bond acceptors (Lipinski definition) is 3. The molecule has 1 rings (SSSR count). The van der Waals surface area contributed by atoms with Crippen LogP contribution < -0.4 is 11.1 Å². The number of nitrogens with two attached hydrogens (primary N) is 1. The van der Waals surface area contributed by atoms with E-state index in [9.17, 15) is 9.90 Å². The lowest BCUT2D eigenvalue weighted by Gasteiger charge is -2.34. The molecule has 0 spiro atoms. The summed E-state index contributed by atoms with van der Waals surface area (Å²) in [7, 11) is 0. The minimum absolute atomic E-state index is 0.00746. The largest absolute Gasteiger partial charge is 0.388 e. The lowest BCUT2D eigenvalue weighted by molar-refractivity contribution is -0.121. The molecule has 1 aliphatic rings. The zero-order valence-electron chi connectivity index (χ0n) is 8.75. The van der Waals surface area contributed by atoms with Crippen molar-refractivity contribution in [1.82, 2.24) is 5.32 Å². The molecule has 0 aromatic carbocycles. The van der Waals surface area contributed by atoms with Crippen molar-refractivity contribution in [3.05, 3.63) is 0 Å². The first-order chi connectivity index (χ1) is 6.56. The number of aliphatic hydroxyl groups is 1. The zero-order valence-corrected chi connectivity index (χ0v) is 8.75. The molecule has 0 bridgehead atoms. The van der Waals surface area contributed by atoms with Crippen LogP contribution >= 0.6 is 0 Å². The first-order valence-corrected chi connectivity index (χ1v) is 5.25. The first-order valence-electron chi connectivity index (χ1n) is 5.25. The van der Waals surface area contributed by atoms with Crippen LogP contribution in [0.4, 0.5) is 0 Å². The molecule has 0 heterocycles. The lowest BCUT2D eigenvalue weighted by atomic mass is 9.79. The molecule has 0 saturated heterocycles. The van der Waals surface area contributed by atoms with Crippen LogP contribution in [0.25, 0.3) is 0 Å².